The molecule has 0 aromatic heterocycles. The molecule has 2 aromatic carbocycles. The minimum Gasteiger partial charge on any atom is -0.491 e. The predicted octanol–water partition coefficient (Wildman–Crippen LogP) is 3.81. The molecule has 2 aliphatic rings. The van der Waals surface area contributed by atoms with Gasteiger partial charge >= 0.3 is 0 Å². The van der Waals surface area contributed by atoms with Crippen LogP contribution < -0.4 is 19.7 Å². The molecule has 1 amide bonds. The number of carbonyl (C=O) groups is 1. The van der Waals surface area contributed by atoms with E-state index in [9.17, 15) is 13.2 Å². The van der Waals surface area contributed by atoms with Crippen LogP contribution in [0.4, 0.5) is 5.69 Å². The average molecular weight is 492 g/mol. The number of amides is 1. The van der Waals surface area contributed by atoms with E-state index in [1.807, 2.05) is 44.0 Å². The van der Waals surface area contributed by atoms with Crippen molar-refractivity contribution < 1.29 is 17.9 Å². The monoisotopic (exact) mass is 491 g/mol. The highest BCUT2D eigenvalue weighted by atomic mass is 35.5. The summed E-state index contributed by atoms with van der Waals surface area (Å²) in [5.41, 5.74) is 2.87. The molecule has 4 rings (SSSR count). The molecule has 7 nitrogen and oxygen atoms in total. The zero-order valence-electron chi connectivity index (χ0n) is 19.1. The molecule has 1 saturated heterocycles. The van der Waals surface area contributed by atoms with E-state index < -0.39 is 10.0 Å². The van der Waals surface area contributed by atoms with E-state index in [1.54, 1.807) is 18.2 Å². The average Bonchev–Trinajstić information content (AvgIpc) is 3.32. The first kappa shape index (κ1) is 23.9. The number of nitrogens with zero attached hydrogens (tertiary/aromatic N) is 1. The Hall–Kier alpha value is -2.29. The summed E-state index contributed by atoms with van der Waals surface area (Å²) < 4.78 is 34.9. The Labute approximate surface area is 200 Å². The fourth-order valence-corrected chi connectivity index (χ4v) is 6.30. The van der Waals surface area contributed by atoms with Crippen LogP contribution in [0, 0.1) is 0 Å². The predicted molar refractivity (Wildman–Crippen MR) is 129 cm³/mol. The van der Waals surface area contributed by atoms with Crippen LogP contribution in [0.5, 0.6) is 5.75 Å². The lowest BCUT2D eigenvalue weighted by Crippen LogP contribution is -2.36. The Kier molecular flexibility index (Phi) is 6.88. The molecule has 2 aromatic rings. The molecule has 0 spiro atoms. The minimum atomic E-state index is -3.81. The number of hydrogen-bond donors (Lipinski definition) is 2. The lowest BCUT2D eigenvalue weighted by atomic mass is 10.1. The number of rotatable bonds is 8. The molecular formula is C24H30ClN3O4S. The Morgan fingerprint density at radius 2 is 1.97 bits per heavy atom. The Balaban J connectivity index is 1.46. The highest BCUT2D eigenvalue weighted by molar-refractivity contribution is 7.89. The molecule has 1 unspecified atom stereocenters. The standard InChI is InChI=1S/C24H30ClN3O4S/c1-15(2)32-19-7-8-20-16(12-19)4-9-22(20)27-33(30,31)23-10-6-18(13-21(23)25)28(3)14-17-5-11-24(29)26-17/h6-8,10,12-13,15,17,22,27H,4-5,9,11,14H2,1-3H3,(H,26,29)/t17-,22?/m0/s1. The number of likely N-dealkylation sites (N-methyl/N-ethyl adjacent to an activating group) is 1. The lowest BCUT2D eigenvalue weighted by molar-refractivity contribution is -0.119. The van der Waals surface area contributed by atoms with Crippen LogP contribution in [-0.2, 0) is 21.2 Å². The van der Waals surface area contributed by atoms with Crippen molar-refractivity contribution in [1.82, 2.24) is 10.0 Å². The molecule has 33 heavy (non-hydrogen) atoms. The van der Waals surface area contributed by atoms with Gasteiger partial charge < -0.3 is 15.0 Å². The van der Waals surface area contributed by atoms with Crippen molar-refractivity contribution in [3.63, 3.8) is 0 Å². The third-order valence-electron chi connectivity index (χ3n) is 6.09. The van der Waals surface area contributed by atoms with Crippen molar-refractivity contribution in [1.29, 1.82) is 0 Å². The van der Waals surface area contributed by atoms with Crippen LogP contribution in [0.1, 0.15) is 50.3 Å². The van der Waals surface area contributed by atoms with Crippen LogP contribution in [0.15, 0.2) is 41.3 Å². The second-order valence-electron chi connectivity index (χ2n) is 9.04. The van der Waals surface area contributed by atoms with E-state index >= 15 is 0 Å². The van der Waals surface area contributed by atoms with Crippen molar-refractivity contribution in [3.05, 3.63) is 52.5 Å². The lowest BCUT2D eigenvalue weighted by Gasteiger charge is -2.24. The molecule has 2 N–H and O–H groups in total. The first-order chi connectivity index (χ1) is 15.6. The summed E-state index contributed by atoms with van der Waals surface area (Å²) >= 11 is 6.42. The number of aryl methyl sites for hydroxylation is 1. The van der Waals surface area contributed by atoms with Gasteiger partial charge in [-0.1, -0.05) is 17.7 Å². The van der Waals surface area contributed by atoms with Crippen LogP contribution in [0.2, 0.25) is 5.02 Å². The van der Waals surface area contributed by atoms with Gasteiger partial charge in [0.2, 0.25) is 15.9 Å². The van der Waals surface area contributed by atoms with Gasteiger partial charge in [-0.05, 0) is 74.6 Å². The van der Waals surface area contributed by atoms with Gasteiger partial charge in [-0.15, -0.1) is 0 Å². The smallest absolute Gasteiger partial charge is 0.242 e. The van der Waals surface area contributed by atoms with Gasteiger partial charge in [0.15, 0.2) is 0 Å². The van der Waals surface area contributed by atoms with E-state index in [4.69, 9.17) is 16.3 Å². The normalized spacial score (nSPS) is 20.1. The van der Waals surface area contributed by atoms with E-state index in [-0.39, 0.29) is 34.0 Å². The maximum Gasteiger partial charge on any atom is 0.242 e. The van der Waals surface area contributed by atoms with Crippen LogP contribution in [0.25, 0.3) is 0 Å². The fraction of sp³-hybridized carbons (Fsp3) is 0.458. The first-order valence-electron chi connectivity index (χ1n) is 11.2. The summed E-state index contributed by atoms with van der Waals surface area (Å²) in [5.74, 6) is 0.864. The molecule has 1 aliphatic carbocycles. The molecule has 1 heterocycles. The molecule has 1 aliphatic heterocycles. The van der Waals surface area contributed by atoms with Crippen molar-refractivity contribution in [3.8, 4) is 5.75 Å². The number of anilines is 1. The van der Waals surface area contributed by atoms with Crippen molar-refractivity contribution >= 4 is 33.2 Å². The highest BCUT2D eigenvalue weighted by Crippen LogP contribution is 2.36. The first-order valence-corrected chi connectivity index (χ1v) is 13.1. The maximum absolute atomic E-state index is 13.1. The third-order valence-corrected chi connectivity index (χ3v) is 8.04. The topological polar surface area (TPSA) is 87.7 Å². The molecule has 178 valence electrons. The Bertz CT molecular complexity index is 1150. The number of nitrogens with one attached hydrogen (secondary N) is 2. The largest absolute Gasteiger partial charge is 0.491 e. The fourth-order valence-electron chi connectivity index (χ4n) is 4.51. The molecule has 0 saturated carbocycles. The zero-order chi connectivity index (χ0) is 23.8. The number of sulfonamides is 1. The molecule has 2 atom stereocenters. The van der Waals surface area contributed by atoms with Gasteiger partial charge in [0.05, 0.1) is 11.1 Å². The van der Waals surface area contributed by atoms with E-state index in [1.165, 1.54) is 0 Å². The van der Waals surface area contributed by atoms with Crippen molar-refractivity contribution in [2.45, 2.75) is 62.6 Å². The quantitative estimate of drug-likeness (QED) is 0.586. The number of carbonyl (C=O) groups excluding carboxylic acids is 1. The van der Waals surface area contributed by atoms with E-state index in [2.05, 4.69) is 10.0 Å². The van der Waals surface area contributed by atoms with Crippen LogP contribution in [-0.4, -0.2) is 40.1 Å². The molecule has 9 heteroatoms. The molecule has 1 fully saturated rings. The number of hydrogen-bond acceptors (Lipinski definition) is 5. The molecular weight excluding hydrogens is 462 g/mol. The minimum absolute atomic E-state index is 0.0590. The summed E-state index contributed by atoms with van der Waals surface area (Å²) in [5, 5.41) is 3.11. The van der Waals surface area contributed by atoms with Crippen LogP contribution >= 0.6 is 11.6 Å². The number of halogens is 1. The SMILES string of the molecule is CC(C)Oc1ccc2c(c1)CCC2NS(=O)(=O)c1ccc(N(C)C[C@@H]2CCC(=O)N2)cc1Cl. The second-order valence-corrected chi connectivity index (χ2v) is 11.1. The Morgan fingerprint density at radius 3 is 2.64 bits per heavy atom. The summed E-state index contributed by atoms with van der Waals surface area (Å²) in [6.07, 6.45) is 2.89. The van der Waals surface area contributed by atoms with Gasteiger partial charge in [0, 0.05) is 37.8 Å². The number of benzene rings is 2. The highest BCUT2D eigenvalue weighted by Gasteiger charge is 2.29. The summed E-state index contributed by atoms with van der Waals surface area (Å²) in [6.45, 7) is 4.58. The molecule has 0 radical (unpaired) electrons. The van der Waals surface area contributed by atoms with Crippen molar-refractivity contribution in [2.24, 2.45) is 0 Å². The summed E-state index contributed by atoms with van der Waals surface area (Å²) in [7, 11) is -1.91. The zero-order valence-corrected chi connectivity index (χ0v) is 20.7. The van der Waals surface area contributed by atoms with Gasteiger partial charge in [0.25, 0.3) is 0 Å². The number of fused-ring (bicyclic) bond motifs is 1. The van der Waals surface area contributed by atoms with Gasteiger partial charge in [-0.2, -0.15) is 0 Å². The summed E-state index contributed by atoms with van der Waals surface area (Å²) in [4.78, 5) is 13.5. The van der Waals surface area contributed by atoms with Gasteiger partial charge in [-0.3, -0.25) is 4.79 Å². The van der Waals surface area contributed by atoms with Crippen molar-refractivity contribution in [2.75, 3.05) is 18.5 Å². The molecule has 0 bridgehead atoms. The number of ether oxygens (including phenoxy) is 1. The van der Waals surface area contributed by atoms with Gasteiger partial charge in [-0.25, -0.2) is 13.1 Å². The second kappa shape index (κ2) is 9.52. The third kappa shape index (κ3) is 5.45. The summed E-state index contributed by atoms with van der Waals surface area (Å²) in [6, 6.07) is 10.5. The van der Waals surface area contributed by atoms with E-state index in [0.717, 1.165) is 35.4 Å². The van der Waals surface area contributed by atoms with Gasteiger partial charge in [0.1, 0.15) is 10.6 Å². The van der Waals surface area contributed by atoms with E-state index in [0.29, 0.717) is 19.4 Å². The Morgan fingerprint density at radius 1 is 1.18 bits per heavy atom. The van der Waals surface area contributed by atoms with Crippen LogP contribution in [0.3, 0.4) is 0 Å². The maximum atomic E-state index is 13.1.